The van der Waals surface area contributed by atoms with Gasteiger partial charge in [0.25, 0.3) is 5.91 Å². The third kappa shape index (κ3) is 8.22. The number of hydrogen-bond donors (Lipinski definition) is 13. The van der Waals surface area contributed by atoms with Crippen LogP contribution in [0.3, 0.4) is 0 Å². The van der Waals surface area contributed by atoms with Gasteiger partial charge in [0.15, 0.2) is 18.9 Å². The number of aliphatic hydroxyl groups excluding tert-OH is 5. The van der Waals surface area contributed by atoms with Crippen LogP contribution in [0.1, 0.15) is 32.1 Å². The molecule has 49 heavy (non-hydrogen) atoms. The Kier molecular flexibility index (Phi) is 12.9. The zero-order chi connectivity index (χ0) is 35.8. The van der Waals surface area contributed by atoms with E-state index < -0.39 is 116 Å². The van der Waals surface area contributed by atoms with Crippen LogP contribution in [0.2, 0.25) is 0 Å². The summed E-state index contributed by atoms with van der Waals surface area (Å²) in [4.78, 5) is 13.0. The van der Waals surface area contributed by atoms with Crippen molar-refractivity contribution in [1.29, 1.82) is 0 Å². The van der Waals surface area contributed by atoms with E-state index in [-0.39, 0.29) is 38.0 Å². The van der Waals surface area contributed by atoms with Crippen molar-refractivity contribution in [1.82, 2.24) is 10.6 Å². The highest BCUT2D eigenvalue weighted by molar-refractivity contribution is 5.86. The van der Waals surface area contributed by atoms with Crippen molar-refractivity contribution in [2.24, 2.45) is 28.7 Å². The van der Waals surface area contributed by atoms with E-state index in [0.717, 1.165) is 0 Å². The molecule has 3 heterocycles. The van der Waals surface area contributed by atoms with Crippen molar-refractivity contribution in [2.75, 3.05) is 26.7 Å². The molecule has 5 fully saturated rings. The lowest BCUT2D eigenvalue weighted by molar-refractivity contribution is -0.290. The van der Waals surface area contributed by atoms with E-state index >= 15 is 0 Å². The second-order valence-corrected chi connectivity index (χ2v) is 14.0. The fourth-order valence-electron chi connectivity index (χ4n) is 7.26. The molecule has 18 N–H and O–H groups in total. The average molecular weight is 710 g/mol. The van der Waals surface area contributed by atoms with Crippen LogP contribution in [-0.2, 0) is 33.2 Å². The molecule has 0 radical (unpaired) electrons. The number of nitrogens with two attached hydrogens (primary N) is 5. The minimum Gasteiger partial charge on any atom is -0.394 e. The summed E-state index contributed by atoms with van der Waals surface area (Å²) in [5.74, 6) is -0.728. The second kappa shape index (κ2) is 16.2. The summed E-state index contributed by atoms with van der Waals surface area (Å²) < 4.78 is 35.9. The Morgan fingerprint density at radius 2 is 1.47 bits per heavy atom. The number of rotatable bonds is 12. The van der Waals surface area contributed by atoms with Gasteiger partial charge in [-0.15, -0.1) is 0 Å². The fourth-order valence-corrected chi connectivity index (χ4v) is 7.26. The summed E-state index contributed by atoms with van der Waals surface area (Å²) in [7, 11) is 1.78. The first-order valence-corrected chi connectivity index (χ1v) is 16.9. The third-order valence-electron chi connectivity index (χ3n) is 10.2. The molecule has 2 aliphatic carbocycles. The number of likely N-dealkylation sites (N-methyl/N-ethyl adjacent to an activating group) is 1. The highest BCUT2D eigenvalue weighted by Gasteiger charge is 2.55. The molecule has 5 rings (SSSR count). The number of aliphatic hydroxyl groups is 6. The smallest absolute Gasteiger partial charge is 0.252 e. The Morgan fingerprint density at radius 3 is 2.10 bits per heavy atom. The summed E-state index contributed by atoms with van der Waals surface area (Å²) in [6.07, 6.45) is -14.7. The van der Waals surface area contributed by atoms with Gasteiger partial charge in [0.1, 0.15) is 60.5 Å². The Hall–Kier alpha value is -1.25. The topological polar surface area (TPSA) is 348 Å². The SMILES string of the molecule is CNC[C@@H]1CC[C@@H](N)[C@@H](O[C@H]2[C@H](O[C@@H]3O[C@H](CO)[C@@H](O[C@H]4O[C@@H](CN)[C@@H](O)[C@H](O)[C@H]4N)[C@H]3O)[C@@H](O)[C@H](NC(=O)C3(O)CC(N)C3)C[C@@H]2N)O1. The van der Waals surface area contributed by atoms with Gasteiger partial charge in [-0.05, 0) is 26.3 Å². The van der Waals surface area contributed by atoms with E-state index in [1.807, 2.05) is 0 Å². The summed E-state index contributed by atoms with van der Waals surface area (Å²) in [5, 5.41) is 70.2. The van der Waals surface area contributed by atoms with Gasteiger partial charge in [0.05, 0.1) is 30.8 Å². The van der Waals surface area contributed by atoms with Gasteiger partial charge in [-0.2, -0.15) is 0 Å². The lowest BCUT2D eigenvalue weighted by Gasteiger charge is -2.48. The first kappa shape index (κ1) is 39.0. The monoisotopic (exact) mass is 709 g/mol. The van der Waals surface area contributed by atoms with Gasteiger partial charge in [-0.3, -0.25) is 4.79 Å². The zero-order valence-electron chi connectivity index (χ0n) is 27.5. The lowest BCUT2D eigenvalue weighted by atomic mass is 9.75. The molecular weight excluding hydrogens is 654 g/mol. The zero-order valence-corrected chi connectivity index (χ0v) is 27.5. The maximum atomic E-state index is 13.0. The lowest BCUT2D eigenvalue weighted by Crippen LogP contribution is -2.69. The molecule has 0 aromatic heterocycles. The van der Waals surface area contributed by atoms with Crippen molar-refractivity contribution in [3.63, 3.8) is 0 Å². The molecule has 1 amide bonds. The second-order valence-electron chi connectivity index (χ2n) is 14.0. The van der Waals surface area contributed by atoms with Crippen LogP contribution < -0.4 is 39.3 Å². The average Bonchev–Trinajstić information content (AvgIpc) is 3.35. The fraction of sp³-hybridized carbons (Fsp3) is 0.966. The normalized spacial score (nSPS) is 50.5. The Morgan fingerprint density at radius 1 is 0.816 bits per heavy atom. The van der Waals surface area contributed by atoms with E-state index in [1.165, 1.54) is 0 Å². The number of carbonyl (C=O) groups is 1. The molecule has 20 heteroatoms. The standard InChI is InChI=1S/C29H55N7O13/c1-35-8-11-2-3-12(32)25(44-11)47-22-13(33)4-14(36-28(42)29(43)5-10(31)6-29)18(38)24(22)49-27-21(41)23(16(9-37)46-27)48-26-17(34)20(40)19(39)15(7-30)45-26/h10-27,35,37-41,43H,2-9,30-34H2,1H3,(H,36,42)/t10?,11-,12+,13-,14+,15-,16+,17+,18-,19+,20+,21+,22+,23+,24+,25+,26+,27-,29?/m0/s1. The minimum absolute atomic E-state index is 0.00788. The summed E-state index contributed by atoms with van der Waals surface area (Å²) in [6.45, 7) is -0.287. The summed E-state index contributed by atoms with van der Waals surface area (Å²) in [5.41, 5.74) is 28.7. The van der Waals surface area contributed by atoms with Crippen LogP contribution in [-0.4, -0.2) is 179 Å². The molecule has 0 aromatic rings. The van der Waals surface area contributed by atoms with Crippen molar-refractivity contribution < 1.29 is 63.9 Å². The van der Waals surface area contributed by atoms with E-state index in [4.69, 9.17) is 57.1 Å². The number of nitrogens with one attached hydrogen (secondary N) is 2. The van der Waals surface area contributed by atoms with Crippen LogP contribution in [0.5, 0.6) is 0 Å². The van der Waals surface area contributed by atoms with E-state index in [0.29, 0.717) is 19.4 Å². The molecule has 3 saturated heterocycles. The number of hydrogen-bond acceptors (Lipinski definition) is 19. The van der Waals surface area contributed by atoms with Gasteiger partial charge in [0.2, 0.25) is 0 Å². The molecule has 0 unspecified atom stereocenters. The van der Waals surface area contributed by atoms with Gasteiger partial charge in [-0.1, -0.05) is 0 Å². The van der Waals surface area contributed by atoms with Crippen molar-refractivity contribution >= 4 is 5.91 Å². The predicted octanol–water partition coefficient (Wildman–Crippen LogP) is -7.57. The molecule has 0 aromatic carbocycles. The Bertz CT molecular complexity index is 1100. The van der Waals surface area contributed by atoms with Gasteiger partial charge >= 0.3 is 0 Å². The Labute approximate surface area is 283 Å². The largest absolute Gasteiger partial charge is 0.394 e. The summed E-state index contributed by atoms with van der Waals surface area (Å²) >= 11 is 0. The molecule has 20 nitrogen and oxygen atoms in total. The van der Waals surface area contributed by atoms with Crippen molar-refractivity contribution in [2.45, 2.75) is 148 Å². The maximum Gasteiger partial charge on any atom is 0.252 e. The molecule has 284 valence electrons. The number of carbonyl (C=O) groups excluding carboxylic acids is 1. The summed E-state index contributed by atoms with van der Waals surface area (Å²) in [6, 6.07) is -4.04. The molecule has 0 spiro atoms. The van der Waals surface area contributed by atoms with Crippen molar-refractivity contribution in [3.8, 4) is 0 Å². The highest BCUT2D eigenvalue weighted by atomic mass is 16.8. The molecule has 0 bridgehead atoms. The van der Waals surface area contributed by atoms with E-state index in [1.54, 1.807) is 7.05 Å². The Balaban J connectivity index is 1.35. The quantitative estimate of drug-likeness (QED) is 0.0894. The van der Waals surface area contributed by atoms with Crippen LogP contribution in [0.4, 0.5) is 0 Å². The van der Waals surface area contributed by atoms with Crippen LogP contribution >= 0.6 is 0 Å². The molecule has 2 saturated carbocycles. The van der Waals surface area contributed by atoms with E-state index in [9.17, 15) is 35.4 Å². The number of amides is 1. The van der Waals surface area contributed by atoms with Crippen molar-refractivity contribution in [3.05, 3.63) is 0 Å². The molecule has 5 aliphatic rings. The molecule has 3 aliphatic heterocycles. The van der Waals surface area contributed by atoms with Gasteiger partial charge in [0, 0.05) is 38.0 Å². The first-order chi connectivity index (χ1) is 23.2. The molecule has 17 atom stereocenters. The van der Waals surface area contributed by atoms with Crippen LogP contribution in [0.15, 0.2) is 0 Å². The van der Waals surface area contributed by atoms with E-state index in [2.05, 4.69) is 10.6 Å². The highest BCUT2D eigenvalue weighted by Crippen LogP contribution is 2.36. The van der Waals surface area contributed by atoms with Crippen LogP contribution in [0, 0.1) is 0 Å². The van der Waals surface area contributed by atoms with Crippen LogP contribution in [0.25, 0.3) is 0 Å². The molecular formula is C29H55N7O13. The van der Waals surface area contributed by atoms with Gasteiger partial charge < -0.3 is 98.4 Å². The third-order valence-corrected chi connectivity index (χ3v) is 10.2. The predicted molar refractivity (Wildman–Crippen MR) is 167 cm³/mol. The maximum absolute atomic E-state index is 13.0. The minimum atomic E-state index is -1.70. The first-order valence-electron chi connectivity index (χ1n) is 16.9. The van der Waals surface area contributed by atoms with Gasteiger partial charge in [-0.25, -0.2) is 0 Å². The number of ether oxygens (including phenoxy) is 6.